The van der Waals surface area contributed by atoms with Gasteiger partial charge >= 0.3 is 0 Å². The molecule has 6 rings (SSSR count). The fraction of sp³-hybridized carbons (Fsp3) is 0.850. The molecule has 0 radical (unpaired) electrons. The Bertz CT molecular complexity index is 568. The normalized spacial score (nSPS) is 59.1. The summed E-state index contributed by atoms with van der Waals surface area (Å²) in [6.45, 7) is 7.81. The molecule has 0 aromatic rings. The van der Waals surface area contributed by atoms with E-state index in [1.165, 1.54) is 51.4 Å². The van der Waals surface area contributed by atoms with E-state index in [0.717, 1.165) is 18.0 Å². The molecule has 1 aliphatic heterocycles. The molecule has 2 heteroatoms. The highest BCUT2D eigenvalue weighted by Gasteiger charge is 2.68. The summed E-state index contributed by atoms with van der Waals surface area (Å²) in [6.07, 6.45) is 12.5. The molecule has 4 bridgehead atoms. The second-order valence-electron chi connectivity index (χ2n) is 9.42. The molecule has 1 spiro atoms. The summed E-state index contributed by atoms with van der Waals surface area (Å²) in [6, 6.07) is 0. The summed E-state index contributed by atoms with van der Waals surface area (Å²) in [4.78, 5) is 4.89. The number of hydrogen-bond donors (Lipinski definition) is 1. The summed E-state index contributed by atoms with van der Waals surface area (Å²) in [5.41, 5.74) is 2.00. The van der Waals surface area contributed by atoms with E-state index in [9.17, 15) is 5.11 Å². The molecule has 22 heavy (non-hydrogen) atoms. The van der Waals surface area contributed by atoms with Gasteiger partial charge in [-0.05, 0) is 73.7 Å². The van der Waals surface area contributed by atoms with Crippen LogP contribution >= 0.6 is 0 Å². The summed E-state index contributed by atoms with van der Waals surface area (Å²) < 4.78 is 0. The highest BCUT2D eigenvalue weighted by atomic mass is 16.3. The second kappa shape index (κ2) is 4.06. The van der Waals surface area contributed by atoms with Crippen LogP contribution in [0.2, 0.25) is 0 Å². The SMILES string of the molecule is C=C1C(O)[C@]23CC[C@H]1CC2C12C=NC[C@](C)(CCC1)[C@H]2CC3. The largest absolute Gasteiger partial charge is 0.388 e. The highest BCUT2D eigenvalue weighted by molar-refractivity contribution is 5.70. The van der Waals surface area contributed by atoms with Crippen molar-refractivity contribution >= 4 is 6.21 Å². The van der Waals surface area contributed by atoms with Crippen LogP contribution in [0, 0.1) is 34.0 Å². The lowest BCUT2D eigenvalue weighted by Gasteiger charge is -2.70. The van der Waals surface area contributed by atoms with E-state index in [-0.39, 0.29) is 11.5 Å². The van der Waals surface area contributed by atoms with Crippen LogP contribution in [0.25, 0.3) is 0 Å². The third-order valence-electron chi connectivity index (χ3n) is 8.77. The predicted octanol–water partition coefficient (Wildman–Crippen LogP) is 3.99. The number of hydrogen-bond acceptors (Lipinski definition) is 2. The van der Waals surface area contributed by atoms with Crippen molar-refractivity contribution in [3.05, 3.63) is 12.2 Å². The number of aliphatic imine (C=N–C) groups is 1. The monoisotopic (exact) mass is 299 g/mol. The number of nitrogens with zero attached hydrogens (tertiary/aromatic N) is 1. The molecule has 120 valence electrons. The van der Waals surface area contributed by atoms with Crippen molar-refractivity contribution in [3.63, 3.8) is 0 Å². The third-order valence-corrected chi connectivity index (χ3v) is 8.77. The van der Waals surface area contributed by atoms with Crippen LogP contribution in [0.5, 0.6) is 0 Å². The molecule has 0 aromatic heterocycles. The van der Waals surface area contributed by atoms with Gasteiger partial charge in [-0.1, -0.05) is 19.9 Å². The Kier molecular flexibility index (Phi) is 2.54. The predicted molar refractivity (Wildman–Crippen MR) is 88.9 cm³/mol. The van der Waals surface area contributed by atoms with E-state index in [1.807, 2.05) is 0 Å². The van der Waals surface area contributed by atoms with Gasteiger partial charge in [-0.2, -0.15) is 0 Å². The fourth-order valence-electron chi connectivity index (χ4n) is 7.80. The molecule has 1 N–H and O–H groups in total. The first kappa shape index (κ1) is 13.8. The van der Waals surface area contributed by atoms with Crippen LogP contribution < -0.4 is 0 Å². The van der Waals surface area contributed by atoms with Crippen molar-refractivity contribution in [3.8, 4) is 0 Å². The molecule has 0 amide bonds. The lowest BCUT2D eigenvalue weighted by atomic mass is 9.35. The molecule has 0 saturated heterocycles. The van der Waals surface area contributed by atoms with Crippen molar-refractivity contribution in [2.75, 3.05) is 6.54 Å². The van der Waals surface area contributed by atoms with Crippen molar-refractivity contribution in [2.24, 2.45) is 39.0 Å². The topological polar surface area (TPSA) is 32.6 Å². The van der Waals surface area contributed by atoms with Crippen LogP contribution in [0.4, 0.5) is 0 Å². The lowest BCUT2D eigenvalue weighted by Crippen LogP contribution is -2.66. The summed E-state index contributed by atoms with van der Waals surface area (Å²) >= 11 is 0. The Morgan fingerprint density at radius 2 is 2.00 bits per heavy atom. The van der Waals surface area contributed by atoms with Crippen LogP contribution in [-0.2, 0) is 0 Å². The van der Waals surface area contributed by atoms with Gasteiger partial charge in [0.05, 0.1) is 6.10 Å². The third kappa shape index (κ3) is 1.36. The Labute approximate surface area is 134 Å². The zero-order valence-electron chi connectivity index (χ0n) is 13.9. The van der Waals surface area contributed by atoms with E-state index in [0.29, 0.717) is 22.7 Å². The molecule has 2 nitrogen and oxygen atoms in total. The van der Waals surface area contributed by atoms with Gasteiger partial charge < -0.3 is 5.11 Å². The first-order valence-corrected chi connectivity index (χ1v) is 9.40. The molecular weight excluding hydrogens is 270 g/mol. The number of aliphatic hydroxyl groups is 1. The van der Waals surface area contributed by atoms with E-state index in [2.05, 4.69) is 19.7 Å². The minimum absolute atomic E-state index is 0.129. The Morgan fingerprint density at radius 1 is 1.18 bits per heavy atom. The molecule has 5 saturated carbocycles. The van der Waals surface area contributed by atoms with Gasteiger partial charge in [0.1, 0.15) is 0 Å². The van der Waals surface area contributed by atoms with Crippen molar-refractivity contribution in [2.45, 2.75) is 64.4 Å². The van der Waals surface area contributed by atoms with Crippen LogP contribution in [0.1, 0.15) is 58.3 Å². The maximum atomic E-state index is 11.1. The quantitative estimate of drug-likeness (QED) is 0.674. The summed E-state index contributed by atoms with van der Waals surface area (Å²) in [5.74, 6) is 2.03. The second-order valence-corrected chi connectivity index (χ2v) is 9.42. The van der Waals surface area contributed by atoms with Gasteiger partial charge in [-0.3, -0.25) is 4.99 Å². The fourth-order valence-corrected chi connectivity index (χ4v) is 7.80. The number of fused-ring (bicyclic) bond motifs is 2. The molecule has 7 atom stereocenters. The van der Waals surface area contributed by atoms with Crippen molar-refractivity contribution in [1.82, 2.24) is 0 Å². The number of aliphatic hydroxyl groups excluding tert-OH is 1. The average Bonchev–Trinajstić information content (AvgIpc) is 2.50. The first-order chi connectivity index (χ1) is 10.5. The van der Waals surface area contributed by atoms with E-state index < -0.39 is 0 Å². The molecule has 3 unspecified atom stereocenters. The standard InChI is InChI=1S/C20H29NO/c1-13-14-4-8-19(17(13)22)9-5-15-18(2)6-3-7-20(15,12-21-11-18)16(19)10-14/h12,14-17,22H,1,3-11H2,2H3/t14-,15+,16?,17?,18-,19-,20?/m0/s1. The van der Waals surface area contributed by atoms with Crippen molar-refractivity contribution < 1.29 is 5.11 Å². The Hall–Kier alpha value is -0.630. The maximum Gasteiger partial charge on any atom is 0.0809 e. The van der Waals surface area contributed by atoms with Gasteiger partial charge in [0, 0.05) is 23.6 Å². The van der Waals surface area contributed by atoms with Crippen LogP contribution in [0.3, 0.4) is 0 Å². The molecule has 0 aromatic carbocycles. The molecule has 5 fully saturated rings. The smallest absolute Gasteiger partial charge is 0.0809 e. The Morgan fingerprint density at radius 3 is 2.86 bits per heavy atom. The van der Waals surface area contributed by atoms with Gasteiger partial charge in [0.15, 0.2) is 0 Å². The molecule has 1 heterocycles. The van der Waals surface area contributed by atoms with E-state index >= 15 is 0 Å². The molecule has 6 aliphatic rings. The lowest BCUT2D eigenvalue weighted by molar-refractivity contribution is -0.185. The molecular formula is C20H29NO. The van der Waals surface area contributed by atoms with Gasteiger partial charge in [0.2, 0.25) is 0 Å². The maximum absolute atomic E-state index is 11.1. The summed E-state index contributed by atoms with van der Waals surface area (Å²) in [5, 5.41) is 11.1. The van der Waals surface area contributed by atoms with Crippen LogP contribution in [0.15, 0.2) is 17.1 Å². The zero-order chi connectivity index (χ0) is 15.2. The van der Waals surface area contributed by atoms with Gasteiger partial charge in [-0.25, -0.2) is 0 Å². The first-order valence-electron chi connectivity index (χ1n) is 9.40. The van der Waals surface area contributed by atoms with Gasteiger partial charge in [-0.15, -0.1) is 0 Å². The number of rotatable bonds is 0. The highest BCUT2D eigenvalue weighted by Crippen LogP contribution is 2.72. The zero-order valence-corrected chi connectivity index (χ0v) is 13.9. The minimum atomic E-state index is -0.246. The molecule has 5 aliphatic carbocycles. The van der Waals surface area contributed by atoms with Crippen LogP contribution in [-0.4, -0.2) is 24.0 Å². The Balaban J connectivity index is 1.66. The summed E-state index contributed by atoms with van der Waals surface area (Å²) in [7, 11) is 0. The van der Waals surface area contributed by atoms with E-state index in [4.69, 9.17) is 4.99 Å². The van der Waals surface area contributed by atoms with E-state index in [1.54, 1.807) is 0 Å². The van der Waals surface area contributed by atoms with Gasteiger partial charge in [0.25, 0.3) is 0 Å². The average molecular weight is 299 g/mol. The minimum Gasteiger partial charge on any atom is -0.388 e. The van der Waals surface area contributed by atoms with Crippen molar-refractivity contribution in [1.29, 1.82) is 0 Å².